The fourth-order valence-corrected chi connectivity index (χ4v) is 5.78. The molecule has 4 unspecified atom stereocenters. The van der Waals surface area contributed by atoms with Crippen LogP contribution in [0.3, 0.4) is 0 Å². The minimum absolute atomic E-state index is 0.0312. The van der Waals surface area contributed by atoms with Crippen LogP contribution < -0.4 is 10.6 Å². The summed E-state index contributed by atoms with van der Waals surface area (Å²) in [6, 6.07) is 11.5. The van der Waals surface area contributed by atoms with Crippen molar-refractivity contribution < 1.29 is 9.84 Å². The van der Waals surface area contributed by atoms with E-state index in [1.807, 2.05) is 18.2 Å². The molecule has 2 aromatic rings. The highest BCUT2D eigenvalue weighted by Gasteiger charge is 2.34. The zero-order valence-corrected chi connectivity index (χ0v) is 17.8. The van der Waals surface area contributed by atoms with Gasteiger partial charge in [-0.3, -0.25) is 5.32 Å². The maximum Gasteiger partial charge on any atom is 0.185 e. The summed E-state index contributed by atoms with van der Waals surface area (Å²) < 4.78 is 5.64. The standard InChI is InChI=1S/C27H28N2O2/c1-31-24-15-22(28-27(29-24)21-7-2-3-8-23(21)30)19-13-11-18-10-9-16-5-4-6-17-12-14-20(19)26(18)25(16)17/h2-8,11,13,15,21-23,27-30H,9-10,12,14H2,1H3. The van der Waals surface area contributed by atoms with Crippen LogP contribution in [0.5, 0.6) is 0 Å². The van der Waals surface area contributed by atoms with Gasteiger partial charge in [0.25, 0.3) is 0 Å². The Morgan fingerprint density at radius 2 is 1.65 bits per heavy atom. The molecule has 3 aliphatic carbocycles. The minimum Gasteiger partial charge on any atom is -0.483 e. The third-order valence-corrected chi connectivity index (χ3v) is 7.29. The monoisotopic (exact) mass is 412 g/mol. The molecule has 4 nitrogen and oxygen atoms in total. The first kappa shape index (κ1) is 18.9. The Morgan fingerprint density at radius 3 is 2.42 bits per heavy atom. The second-order valence-corrected chi connectivity index (χ2v) is 8.96. The maximum atomic E-state index is 10.5. The molecule has 0 aromatic heterocycles. The van der Waals surface area contributed by atoms with Crippen molar-refractivity contribution in [2.75, 3.05) is 7.11 Å². The van der Waals surface area contributed by atoms with Crippen LogP contribution in [0.2, 0.25) is 0 Å². The lowest BCUT2D eigenvalue weighted by molar-refractivity contribution is 0.120. The van der Waals surface area contributed by atoms with Gasteiger partial charge in [-0.2, -0.15) is 0 Å². The zero-order chi connectivity index (χ0) is 20.9. The van der Waals surface area contributed by atoms with Gasteiger partial charge in [0.1, 0.15) is 0 Å². The number of hydrogen-bond acceptors (Lipinski definition) is 4. The molecule has 31 heavy (non-hydrogen) atoms. The maximum absolute atomic E-state index is 10.5. The molecule has 0 fully saturated rings. The normalized spacial score (nSPS) is 27.9. The van der Waals surface area contributed by atoms with Crippen molar-refractivity contribution in [3.63, 3.8) is 0 Å². The van der Waals surface area contributed by atoms with Crippen molar-refractivity contribution in [3.8, 4) is 11.1 Å². The minimum atomic E-state index is -0.525. The summed E-state index contributed by atoms with van der Waals surface area (Å²) in [5.41, 5.74) is 10.2. The summed E-state index contributed by atoms with van der Waals surface area (Å²) in [4.78, 5) is 0. The van der Waals surface area contributed by atoms with Crippen molar-refractivity contribution >= 4 is 0 Å². The van der Waals surface area contributed by atoms with Crippen LogP contribution in [0, 0.1) is 5.92 Å². The second-order valence-electron chi connectivity index (χ2n) is 8.96. The molecular weight excluding hydrogens is 384 g/mol. The highest BCUT2D eigenvalue weighted by molar-refractivity contribution is 5.82. The number of ether oxygens (including phenoxy) is 1. The zero-order valence-electron chi connectivity index (χ0n) is 17.8. The lowest BCUT2D eigenvalue weighted by Gasteiger charge is -2.39. The van der Waals surface area contributed by atoms with E-state index in [1.165, 1.54) is 38.9 Å². The van der Waals surface area contributed by atoms with Crippen LogP contribution in [0.15, 0.2) is 66.6 Å². The third-order valence-electron chi connectivity index (χ3n) is 7.29. The van der Waals surface area contributed by atoms with Gasteiger partial charge in [0, 0.05) is 5.92 Å². The van der Waals surface area contributed by atoms with Gasteiger partial charge in [0.2, 0.25) is 0 Å². The van der Waals surface area contributed by atoms with E-state index in [0.717, 1.165) is 31.6 Å². The number of benzene rings is 2. The predicted molar refractivity (Wildman–Crippen MR) is 122 cm³/mol. The number of rotatable bonds is 3. The number of allylic oxidation sites excluding steroid dienone is 2. The van der Waals surface area contributed by atoms with E-state index >= 15 is 0 Å². The van der Waals surface area contributed by atoms with Gasteiger partial charge >= 0.3 is 0 Å². The quantitative estimate of drug-likeness (QED) is 0.720. The molecule has 4 atom stereocenters. The third kappa shape index (κ3) is 3.05. The van der Waals surface area contributed by atoms with E-state index in [9.17, 15) is 5.11 Å². The SMILES string of the molecule is COC1=CC(c2ccc3c4c2CCc2cccc(c2-4)CC3)NC(C2C=CC=CC2O)N1. The van der Waals surface area contributed by atoms with Gasteiger partial charge < -0.3 is 15.2 Å². The Balaban J connectivity index is 1.43. The van der Waals surface area contributed by atoms with E-state index in [4.69, 9.17) is 4.74 Å². The Bertz CT molecular complexity index is 1120. The summed E-state index contributed by atoms with van der Waals surface area (Å²) in [7, 11) is 1.70. The fourth-order valence-electron chi connectivity index (χ4n) is 5.78. The van der Waals surface area contributed by atoms with Gasteiger partial charge in [-0.05, 0) is 70.7 Å². The lowest BCUT2D eigenvalue weighted by atomic mass is 9.73. The lowest BCUT2D eigenvalue weighted by Crippen LogP contribution is -2.54. The Hall–Kier alpha value is -2.82. The Morgan fingerprint density at radius 1 is 0.903 bits per heavy atom. The van der Waals surface area contributed by atoms with E-state index in [-0.39, 0.29) is 18.1 Å². The summed E-state index contributed by atoms with van der Waals surface area (Å²) >= 11 is 0. The topological polar surface area (TPSA) is 53.5 Å². The summed E-state index contributed by atoms with van der Waals surface area (Å²) in [6.07, 6.45) is 13.7. The fraction of sp³-hybridized carbons (Fsp3) is 0.333. The highest BCUT2D eigenvalue weighted by Crippen LogP contribution is 2.45. The molecule has 0 bridgehead atoms. The molecule has 0 saturated heterocycles. The van der Waals surface area contributed by atoms with Gasteiger partial charge in [0.05, 0.1) is 25.4 Å². The number of methoxy groups -OCH3 is 1. The van der Waals surface area contributed by atoms with Crippen molar-refractivity contribution in [3.05, 3.63) is 94.4 Å². The smallest absolute Gasteiger partial charge is 0.185 e. The summed E-state index contributed by atoms with van der Waals surface area (Å²) in [5.74, 6) is 0.693. The van der Waals surface area contributed by atoms with Crippen LogP contribution >= 0.6 is 0 Å². The Labute approximate surface area is 183 Å². The molecule has 4 heteroatoms. The Kier molecular flexibility index (Phi) is 4.51. The predicted octanol–water partition coefficient (Wildman–Crippen LogP) is 3.70. The first-order valence-corrected chi connectivity index (χ1v) is 11.3. The molecule has 0 spiro atoms. The highest BCUT2D eigenvalue weighted by atomic mass is 16.5. The van der Waals surface area contributed by atoms with Crippen LogP contribution in [0.4, 0.5) is 0 Å². The molecule has 1 aliphatic heterocycles. The number of aliphatic hydroxyl groups is 1. The number of aryl methyl sites for hydroxylation is 3. The van der Waals surface area contributed by atoms with E-state index in [0.29, 0.717) is 0 Å². The van der Waals surface area contributed by atoms with Crippen molar-refractivity contribution in [1.29, 1.82) is 0 Å². The van der Waals surface area contributed by atoms with Crippen molar-refractivity contribution in [2.45, 2.75) is 44.0 Å². The van der Waals surface area contributed by atoms with E-state index in [2.05, 4.69) is 53.1 Å². The van der Waals surface area contributed by atoms with Gasteiger partial charge in [-0.25, -0.2) is 0 Å². The number of hydrogen-bond donors (Lipinski definition) is 3. The molecule has 2 aromatic carbocycles. The summed E-state index contributed by atoms with van der Waals surface area (Å²) in [6.45, 7) is 0. The molecule has 0 saturated carbocycles. The molecule has 6 rings (SSSR count). The molecule has 0 radical (unpaired) electrons. The first-order chi connectivity index (χ1) is 15.2. The van der Waals surface area contributed by atoms with Crippen LogP contribution in [0.25, 0.3) is 11.1 Å². The largest absolute Gasteiger partial charge is 0.483 e. The van der Waals surface area contributed by atoms with Crippen LogP contribution in [0.1, 0.15) is 33.9 Å². The van der Waals surface area contributed by atoms with E-state index < -0.39 is 6.10 Å². The molecular formula is C27H28N2O2. The molecule has 0 amide bonds. The summed E-state index contributed by atoms with van der Waals surface area (Å²) in [5, 5.41) is 17.7. The van der Waals surface area contributed by atoms with Gasteiger partial charge in [-0.15, -0.1) is 0 Å². The van der Waals surface area contributed by atoms with Crippen molar-refractivity contribution in [1.82, 2.24) is 10.6 Å². The van der Waals surface area contributed by atoms with Gasteiger partial charge in [0.15, 0.2) is 5.88 Å². The van der Waals surface area contributed by atoms with Gasteiger partial charge in [-0.1, -0.05) is 54.6 Å². The number of aliphatic hydroxyl groups excluding tert-OH is 1. The molecule has 4 aliphatic rings. The first-order valence-electron chi connectivity index (χ1n) is 11.3. The second kappa shape index (κ2) is 7.40. The molecule has 3 N–H and O–H groups in total. The molecule has 158 valence electrons. The van der Waals surface area contributed by atoms with E-state index in [1.54, 1.807) is 7.11 Å². The molecule has 1 heterocycles. The average Bonchev–Trinajstić information content (AvgIpc) is 2.82. The van der Waals surface area contributed by atoms with Crippen LogP contribution in [-0.4, -0.2) is 24.5 Å². The average molecular weight is 413 g/mol. The van der Waals surface area contributed by atoms with Crippen LogP contribution in [-0.2, 0) is 30.4 Å². The van der Waals surface area contributed by atoms with Crippen molar-refractivity contribution in [2.24, 2.45) is 5.92 Å². The number of nitrogens with one attached hydrogen (secondary N) is 2.